The summed E-state index contributed by atoms with van der Waals surface area (Å²) in [7, 11) is 0. The normalized spacial score (nSPS) is 26.0. The largest absolute Gasteiger partial charge is 0.368 e. The van der Waals surface area contributed by atoms with E-state index in [1.54, 1.807) is 12.3 Å². The summed E-state index contributed by atoms with van der Waals surface area (Å²) in [5, 5.41) is 3.23. The fourth-order valence-corrected chi connectivity index (χ4v) is 4.65. The molecule has 1 aliphatic heterocycles. The van der Waals surface area contributed by atoms with Crippen molar-refractivity contribution in [3.8, 4) is 0 Å². The van der Waals surface area contributed by atoms with Gasteiger partial charge in [-0.05, 0) is 49.4 Å². The number of pyridine rings is 1. The molecule has 0 unspecified atom stereocenters. The molecular formula is C21H20ClF3N2OS. The summed E-state index contributed by atoms with van der Waals surface area (Å²) < 4.78 is 49.5. The Kier molecular flexibility index (Phi) is 5.34. The Balaban J connectivity index is 1.68. The van der Waals surface area contributed by atoms with Crippen molar-refractivity contribution < 1.29 is 17.9 Å². The second-order valence-electron chi connectivity index (χ2n) is 7.82. The van der Waals surface area contributed by atoms with Crippen molar-refractivity contribution in [2.75, 3.05) is 13.2 Å². The minimum Gasteiger partial charge on any atom is -0.368 e. The van der Waals surface area contributed by atoms with Gasteiger partial charge in [0.1, 0.15) is 23.0 Å². The fourth-order valence-electron chi connectivity index (χ4n) is 4.18. The van der Waals surface area contributed by atoms with E-state index in [-0.39, 0.29) is 23.1 Å². The predicted molar refractivity (Wildman–Crippen MR) is 109 cm³/mol. The molecule has 1 aliphatic carbocycles. The summed E-state index contributed by atoms with van der Waals surface area (Å²) in [5.41, 5.74) is 0.733. The maximum atomic E-state index is 14.9. The summed E-state index contributed by atoms with van der Waals surface area (Å²) in [6.07, 6.45) is 3.95. The smallest absolute Gasteiger partial charge is 0.297 e. The molecule has 2 aromatic rings. The Bertz CT molecular complexity index is 971. The average Bonchev–Trinajstić information content (AvgIpc) is 2.99. The summed E-state index contributed by atoms with van der Waals surface area (Å²) >= 11 is 11.1. The van der Waals surface area contributed by atoms with Crippen LogP contribution in [0.15, 0.2) is 30.5 Å². The highest BCUT2D eigenvalue weighted by atomic mass is 35.5. The van der Waals surface area contributed by atoms with E-state index >= 15 is 0 Å². The van der Waals surface area contributed by atoms with Crippen molar-refractivity contribution in [2.45, 2.75) is 43.6 Å². The first-order chi connectivity index (χ1) is 13.7. The van der Waals surface area contributed by atoms with E-state index in [1.807, 2.05) is 6.07 Å². The Morgan fingerprint density at radius 1 is 1.34 bits per heavy atom. The Morgan fingerprint density at radius 3 is 2.93 bits per heavy atom. The quantitative estimate of drug-likeness (QED) is 0.685. The van der Waals surface area contributed by atoms with Gasteiger partial charge in [0.2, 0.25) is 0 Å². The Hall–Kier alpha value is -1.70. The number of nitrogens with one attached hydrogen (secondary N) is 1. The Morgan fingerprint density at radius 2 is 2.14 bits per heavy atom. The summed E-state index contributed by atoms with van der Waals surface area (Å²) in [5.74, 6) is -3.91. The number of rotatable bonds is 3. The SMILES string of the molecule is C[C@]1(c2cc(C[C@@H]3CCc4cc(Cl)cnc43)ccc2F)NC(=S)COCC1(F)F. The van der Waals surface area contributed by atoms with Gasteiger partial charge in [-0.2, -0.15) is 0 Å². The maximum absolute atomic E-state index is 14.9. The van der Waals surface area contributed by atoms with Gasteiger partial charge in [0.25, 0.3) is 5.92 Å². The van der Waals surface area contributed by atoms with Crippen molar-refractivity contribution in [2.24, 2.45) is 0 Å². The predicted octanol–water partition coefficient (Wildman–Crippen LogP) is 4.94. The summed E-state index contributed by atoms with van der Waals surface area (Å²) in [6.45, 7) is 0.320. The molecule has 1 N–H and O–H groups in total. The van der Waals surface area contributed by atoms with Crippen molar-refractivity contribution in [1.29, 1.82) is 0 Å². The molecule has 0 radical (unpaired) electrons. The van der Waals surface area contributed by atoms with Crippen LogP contribution in [0.4, 0.5) is 13.2 Å². The van der Waals surface area contributed by atoms with Gasteiger partial charge in [-0.25, -0.2) is 13.2 Å². The lowest BCUT2D eigenvalue weighted by Gasteiger charge is -2.37. The van der Waals surface area contributed by atoms with Crippen LogP contribution < -0.4 is 5.32 Å². The minimum atomic E-state index is -3.34. The monoisotopic (exact) mass is 440 g/mol. The van der Waals surface area contributed by atoms with E-state index in [0.717, 1.165) is 29.7 Å². The third-order valence-electron chi connectivity index (χ3n) is 5.81. The van der Waals surface area contributed by atoms with Gasteiger partial charge in [0, 0.05) is 23.4 Å². The molecule has 1 fully saturated rings. The van der Waals surface area contributed by atoms with Gasteiger partial charge in [-0.3, -0.25) is 4.98 Å². The van der Waals surface area contributed by atoms with E-state index < -0.39 is 23.9 Å². The highest BCUT2D eigenvalue weighted by molar-refractivity contribution is 7.80. The molecule has 29 heavy (non-hydrogen) atoms. The van der Waals surface area contributed by atoms with E-state index in [0.29, 0.717) is 11.4 Å². The summed E-state index contributed by atoms with van der Waals surface area (Å²) in [4.78, 5) is 4.58. The third-order valence-corrected chi connectivity index (χ3v) is 6.23. The molecule has 0 saturated carbocycles. The van der Waals surface area contributed by atoms with Crippen LogP contribution >= 0.6 is 23.8 Å². The number of aromatic nitrogens is 1. The molecule has 0 spiro atoms. The number of ether oxygens (including phenoxy) is 1. The standard InChI is InChI=1S/C21H20ClF3N2OS/c1-20(21(24,25)11-28-10-18(29)27-20)16-7-12(2-5-17(16)23)6-13-3-4-14-8-15(22)9-26-19(13)14/h2,5,7-9,13H,3-4,6,10-11H2,1H3,(H,27,29)/t13-,20+/m0/s1. The van der Waals surface area contributed by atoms with Gasteiger partial charge in [0.05, 0.1) is 11.6 Å². The van der Waals surface area contributed by atoms with Crippen LogP contribution in [0.2, 0.25) is 5.02 Å². The molecule has 0 amide bonds. The number of benzene rings is 1. The number of hydrogen-bond acceptors (Lipinski definition) is 3. The lowest BCUT2D eigenvalue weighted by molar-refractivity contribution is -0.120. The second-order valence-corrected chi connectivity index (χ2v) is 8.75. The topological polar surface area (TPSA) is 34.2 Å². The summed E-state index contributed by atoms with van der Waals surface area (Å²) in [6, 6.07) is 6.31. The van der Waals surface area contributed by atoms with Crippen molar-refractivity contribution >= 4 is 28.8 Å². The number of alkyl halides is 2. The zero-order valence-corrected chi connectivity index (χ0v) is 17.3. The molecule has 1 aromatic carbocycles. The number of fused-ring (bicyclic) bond motifs is 1. The lowest BCUT2D eigenvalue weighted by atomic mass is 9.83. The van der Waals surface area contributed by atoms with Crippen LogP contribution in [0.3, 0.4) is 0 Å². The highest BCUT2D eigenvalue weighted by Gasteiger charge is 2.54. The van der Waals surface area contributed by atoms with Crippen LogP contribution in [-0.2, 0) is 23.1 Å². The Labute approximate surface area is 177 Å². The molecule has 154 valence electrons. The molecule has 2 heterocycles. The zero-order chi connectivity index (χ0) is 20.8. The van der Waals surface area contributed by atoms with E-state index in [1.165, 1.54) is 19.1 Å². The van der Waals surface area contributed by atoms with Crippen molar-refractivity contribution in [3.05, 3.63) is 63.7 Å². The first-order valence-corrected chi connectivity index (χ1v) is 10.2. The van der Waals surface area contributed by atoms with E-state index in [9.17, 15) is 13.2 Å². The fraction of sp³-hybridized carbons (Fsp3) is 0.429. The number of aryl methyl sites for hydroxylation is 1. The molecule has 1 aromatic heterocycles. The third kappa shape index (κ3) is 3.76. The molecule has 8 heteroatoms. The van der Waals surface area contributed by atoms with E-state index in [4.69, 9.17) is 28.6 Å². The van der Waals surface area contributed by atoms with Gasteiger partial charge in [-0.1, -0.05) is 36.0 Å². The van der Waals surface area contributed by atoms with Crippen LogP contribution in [0.25, 0.3) is 0 Å². The van der Waals surface area contributed by atoms with Gasteiger partial charge < -0.3 is 10.1 Å². The first-order valence-electron chi connectivity index (χ1n) is 9.39. The van der Waals surface area contributed by atoms with Gasteiger partial charge in [-0.15, -0.1) is 0 Å². The number of nitrogens with zero attached hydrogens (tertiary/aromatic N) is 1. The van der Waals surface area contributed by atoms with Gasteiger partial charge >= 0.3 is 0 Å². The van der Waals surface area contributed by atoms with E-state index in [2.05, 4.69) is 10.3 Å². The minimum absolute atomic E-state index is 0.116. The number of thiocarbonyl (C=S) groups is 1. The molecule has 1 saturated heterocycles. The molecule has 2 aliphatic rings. The number of hydrogen-bond donors (Lipinski definition) is 1. The van der Waals surface area contributed by atoms with Crippen LogP contribution in [-0.4, -0.2) is 29.1 Å². The van der Waals surface area contributed by atoms with Crippen LogP contribution in [0.5, 0.6) is 0 Å². The molecule has 3 nitrogen and oxygen atoms in total. The first kappa shape index (κ1) is 20.6. The molecule has 4 rings (SSSR count). The maximum Gasteiger partial charge on any atom is 0.297 e. The molecule has 0 bridgehead atoms. The van der Waals surface area contributed by atoms with Crippen LogP contribution in [0, 0.1) is 5.82 Å². The lowest BCUT2D eigenvalue weighted by Crippen LogP contribution is -2.56. The van der Waals surface area contributed by atoms with Crippen molar-refractivity contribution in [1.82, 2.24) is 10.3 Å². The average molecular weight is 441 g/mol. The molecule has 2 atom stereocenters. The highest BCUT2D eigenvalue weighted by Crippen LogP contribution is 2.41. The number of halogens is 4. The van der Waals surface area contributed by atoms with Gasteiger partial charge in [0.15, 0.2) is 0 Å². The van der Waals surface area contributed by atoms with Crippen LogP contribution in [0.1, 0.15) is 41.6 Å². The van der Waals surface area contributed by atoms with Crippen molar-refractivity contribution in [3.63, 3.8) is 0 Å². The molecular weight excluding hydrogens is 421 g/mol. The zero-order valence-electron chi connectivity index (χ0n) is 15.8. The second kappa shape index (κ2) is 7.52.